The van der Waals surface area contributed by atoms with E-state index in [0.29, 0.717) is 22.6 Å². The van der Waals surface area contributed by atoms with Crippen molar-refractivity contribution >= 4 is 59.0 Å². The maximum Gasteiger partial charge on any atom is 0.225 e. The van der Waals surface area contributed by atoms with Crippen LogP contribution in [0.4, 0.5) is 0 Å². The van der Waals surface area contributed by atoms with Gasteiger partial charge in [0.1, 0.15) is 0 Å². The van der Waals surface area contributed by atoms with Crippen LogP contribution in [0.2, 0.25) is 10.0 Å². The largest absolute Gasteiger partial charge is 0.295 e. The molecule has 0 aromatic heterocycles. The SMILES string of the molecule is NSNC1CC(N=C(NSc2ccc(Cl)cc2)N2CC(c3ccccc3)C(c3ccc(Cl)cc3)=N2)C1. The van der Waals surface area contributed by atoms with Gasteiger partial charge in [-0.2, -0.15) is 5.10 Å². The van der Waals surface area contributed by atoms with Crippen molar-refractivity contribution in [3.05, 3.63) is 100 Å². The van der Waals surface area contributed by atoms with Crippen LogP contribution in [0.1, 0.15) is 29.9 Å². The van der Waals surface area contributed by atoms with Crippen LogP contribution in [0.15, 0.2) is 93.9 Å². The Bertz CT molecular complexity index is 1220. The van der Waals surface area contributed by atoms with Crippen LogP contribution >= 0.6 is 47.3 Å². The summed E-state index contributed by atoms with van der Waals surface area (Å²) in [7, 11) is 0. The lowest BCUT2D eigenvalue weighted by molar-refractivity contribution is 0.330. The molecule has 3 aromatic rings. The molecular formula is C26H26Cl2N6S2. The predicted molar refractivity (Wildman–Crippen MR) is 153 cm³/mol. The van der Waals surface area contributed by atoms with E-state index in [1.54, 1.807) is 0 Å². The summed E-state index contributed by atoms with van der Waals surface area (Å²) in [6.45, 7) is 0.683. The van der Waals surface area contributed by atoms with E-state index in [-0.39, 0.29) is 12.0 Å². The van der Waals surface area contributed by atoms with E-state index in [2.05, 4.69) is 33.7 Å². The fourth-order valence-electron chi connectivity index (χ4n) is 4.27. The Kier molecular flexibility index (Phi) is 8.41. The molecule has 2 aliphatic rings. The number of hydrazone groups is 1. The molecule has 0 spiro atoms. The molecule has 0 amide bonds. The first kappa shape index (κ1) is 25.4. The molecule has 0 radical (unpaired) electrons. The second-order valence-corrected chi connectivity index (χ2v) is 10.9. The molecule has 4 N–H and O–H groups in total. The molecule has 10 heteroatoms. The molecule has 6 nitrogen and oxygen atoms in total. The van der Waals surface area contributed by atoms with Gasteiger partial charge in [-0.1, -0.05) is 65.7 Å². The first-order valence-corrected chi connectivity index (χ1v) is 14.1. The fourth-order valence-corrected chi connectivity index (χ4v) is 5.55. The summed E-state index contributed by atoms with van der Waals surface area (Å²) in [5.74, 6) is 0.841. The highest BCUT2D eigenvalue weighted by Crippen LogP contribution is 2.31. The van der Waals surface area contributed by atoms with Crippen molar-refractivity contribution in [3.63, 3.8) is 0 Å². The highest BCUT2D eigenvalue weighted by atomic mass is 35.5. The Morgan fingerprint density at radius 3 is 2.28 bits per heavy atom. The van der Waals surface area contributed by atoms with Crippen LogP contribution in [0.3, 0.4) is 0 Å². The van der Waals surface area contributed by atoms with Gasteiger partial charge < -0.3 is 0 Å². The molecule has 1 atom stereocenters. The van der Waals surface area contributed by atoms with Crippen LogP contribution in [-0.2, 0) is 0 Å². The van der Waals surface area contributed by atoms with Crippen LogP contribution < -0.4 is 14.6 Å². The van der Waals surface area contributed by atoms with E-state index in [1.165, 1.54) is 29.6 Å². The van der Waals surface area contributed by atoms with Gasteiger partial charge in [-0.3, -0.25) is 9.86 Å². The molecule has 1 unspecified atom stereocenters. The molecular weight excluding hydrogens is 531 g/mol. The Balaban J connectivity index is 1.43. The van der Waals surface area contributed by atoms with Crippen molar-refractivity contribution in [2.75, 3.05) is 6.54 Å². The molecule has 1 aliphatic heterocycles. The van der Waals surface area contributed by atoms with E-state index in [9.17, 15) is 0 Å². The van der Waals surface area contributed by atoms with Crippen molar-refractivity contribution < 1.29 is 0 Å². The molecule has 1 fully saturated rings. The Hall–Kier alpha value is -2.20. The highest BCUT2D eigenvalue weighted by Gasteiger charge is 2.34. The van der Waals surface area contributed by atoms with Gasteiger partial charge in [-0.05, 0) is 72.3 Å². The number of aliphatic imine (C=N–C) groups is 1. The number of rotatable bonds is 7. The van der Waals surface area contributed by atoms with Crippen LogP contribution in [0.5, 0.6) is 0 Å². The van der Waals surface area contributed by atoms with Crippen molar-refractivity contribution in [3.8, 4) is 0 Å². The van der Waals surface area contributed by atoms with Gasteiger partial charge in [-0.15, -0.1) is 0 Å². The van der Waals surface area contributed by atoms with Crippen LogP contribution in [0.25, 0.3) is 0 Å². The van der Waals surface area contributed by atoms with Crippen molar-refractivity contribution in [2.24, 2.45) is 15.2 Å². The van der Waals surface area contributed by atoms with Crippen LogP contribution in [0, 0.1) is 0 Å². The number of nitrogens with two attached hydrogens (primary N) is 1. The summed E-state index contributed by atoms with van der Waals surface area (Å²) in [6, 6.07) is 26.7. The first-order chi connectivity index (χ1) is 17.6. The summed E-state index contributed by atoms with van der Waals surface area (Å²) in [5, 5.41) is 14.1. The monoisotopic (exact) mass is 556 g/mol. The van der Waals surface area contributed by atoms with Crippen LogP contribution in [-0.4, -0.2) is 35.3 Å². The minimum Gasteiger partial charge on any atom is -0.295 e. The molecule has 0 bridgehead atoms. The third kappa shape index (κ3) is 6.19. The minimum absolute atomic E-state index is 0.101. The second kappa shape index (κ2) is 11.9. The molecule has 3 aromatic carbocycles. The number of guanidine groups is 1. The quantitative estimate of drug-likeness (QED) is 0.185. The third-order valence-corrected chi connectivity index (χ3v) is 7.99. The zero-order chi connectivity index (χ0) is 24.9. The summed E-state index contributed by atoms with van der Waals surface area (Å²) in [4.78, 5) is 6.11. The Morgan fingerprint density at radius 1 is 0.944 bits per heavy atom. The minimum atomic E-state index is 0.101. The highest BCUT2D eigenvalue weighted by molar-refractivity contribution is 7.98. The van der Waals surface area contributed by atoms with E-state index >= 15 is 0 Å². The van der Waals surface area contributed by atoms with Gasteiger partial charge in [0.15, 0.2) is 0 Å². The van der Waals surface area contributed by atoms with E-state index < -0.39 is 0 Å². The van der Waals surface area contributed by atoms with E-state index in [0.717, 1.165) is 35.0 Å². The lowest BCUT2D eigenvalue weighted by Gasteiger charge is -2.33. The molecule has 1 saturated carbocycles. The normalized spacial score (nSPS) is 21.8. The van der Waals surface area contributed by atoms with Gasteiger partial charge in [0, 0.05) is 39.0 Å². The Labute approximate surface area is 230 Å². The maximum absolute atomic E-state index is 6.17. The van der Waals surface area contributed by atoms with E-state index in [4.69, 9.17) is 38.4 Å². The summed E-state index contributed by atoms with van der Waals surface area (Å²) >= 11 is 14.9. The first-order valence-electron chi connectivity index (χ1n) is 11.6. The molecule has 1 aliphatic carbocycles. The number of nitrogens with one attached hydrogen (secondary N) is 2. The average molecular weight is 558 g/mol. The lowest BCUT2D eigenvalue weighted by Crippen LogP contribution is -2.43. The molecule has 5 rings (SSSR count). The number of halogens is 2. The maximum atomic E-state index is 6.17. The standard InChI is InChI=1S/C26H26Cl2N6S2/c27-19-8-6-18(7-9-19)25-24(17-4-2-1-3-5-17)16-34(31-25)26(30-21-14-22(15-21)32-36-29)33-35-23-12-10-20(28)11-13-23/h1-13,21-22,24,32H,14-16,29H2,(H,30,33). The molecule has 0 saturated heterocycles. The number of hydrogen-bond donors (Lipinski definition) is 3. The van der Waals surface area contributed by atoms with Gasteiger partial charge in [-0.25, -0.2) is 14.7 Å². The van der Waals surface area contributed by atoms with Crippen molar-refractivity contribution in [2.45, 2.75) is 35.7 Å². The van der Waals surface area contributed by atoms with Crippen molar-refractivity contribution in [1.82, 2.24) is 14.5 Å². The zero-order valence-corrected chi connectivity index (χ0v) is 22.5. The average Bonchev–Trinajstić information content (AvgIpc) is 3.32. The van der Waals surface area contributed by atoms with Gasteiger partial charge in [0.25, 0.3) is 0 Å². The Morgan fingerprint density at radius 2 is 1.61 bits per heavy atom. The topological polar surface area (TPSA) is 78.0 Å². The molecule has 186 valence electrons. The van der Waals surface area contributed by atoms with Crippen molar-refractivity contribution in [1.29, 1.82) is 0 Å². The number of benzene rings is 3. The summed E-state index contributed by atoms with van der Waals surface area (Å²) in [5.41, 5.74) is 3.26. The smallest absolute Gasteiger partial charge is 0.225 e. The molecule has 1 heterocycles. The molecule has 36 heavy (non-hydrogen) atoms. The second-order valence-electron chi connectivity index (χ2n) is 8.71. The zero-order valence-electron chi connectivity index (χ0n) is 19.4. The predicted octanol–water partition coefficient (Wildman–Crippen LogP) is 6.09. The van der Waals surface area contributed by atoms with E-state index in [1.807, 2.05) is 59.6 Å². The van der Waals surface area contributed by atoms with Gasteiger partial charge in [0.05, 0.1) is 18.3 Å². The van der Waals surface area contributed by atoms with Gasteiger partial charge in [0.2, 0.25) is 5.96 Å². The third-order valence-electron chi connectivity index (χ3n) is 6.23. The fraction of sp³-hybridized carbons (Fsp3) is 0.231. The number of nitrogens with zero attached hydrogens (tertiary/aromatic N) is 3. The lowest BCUT2D eigenvalue weighted by atomic mass is 9.88. The van der Waals surface area contributed by atoms with Gasteiger partial charge >= 0.3 is 0 Å². The summed E-state index contributed by atoms with van der Waals surface area (Å²) in [6.07, 6.45) is 1.87. The number of hydrogen-bond acceptors (Lipinski definition) is 6. The summed E-state index contributed by atoms with van der Waals surface area (Å²) < 4.78 is 6.68.